The molecule has 0 rings (SSSR count). The average molecular weight is 175 g/mol. The summed E-state index contributed by atoms with van der Waals surface area (Å²) in [6, 6.07) is -0.624. The number of aliphatic hydroxyl groups is 1. The normalized spacial score (nSPS) is 14.1. The first-order valence-electron chi connectivity index (χ1n) is 3.92. The molecule has 72 valence electrons. The molecule has 1 unspecified atom stereocenters. The number of nitrogens with two attached hydrogens (primary N) is 1. The molecule has 1 atom stereocenters. The third kappa shape index (κ3) is 5.09. The van der Waals surface area contributed by atoms with Crippen molar-refractivity contribution in [2.45, 2.75) is 38.3 Å². The highest BCUT2D eigenvalue weighted by molar-refractivity contribution is 5.75. The molecule has 0 aliphatic rings. The van der Waals surface area contributed by atoms with Crippen LogP contribution >= 0.6 is 0 Å². The molecule has 0 aromatic heterocycles. The molecule has 4 heteroatoms. The maximum atomic E-state index is 10.8. The van der Waals surface area contributed by atoms with Gasteiger partial charge in [-0.05, 0) is 26.7 Å². The Morgan fingerprint density at radius 1 is 1.67 bits per heavy atom. The minimum absolute atomic E-state index is 0.431. The zero-order chi connectivity index (χ0) is 9.78. The standard InChI is InChI=1S/C8H17NO3/c1-8(2,11)5-4-6(9)7(10)12-3/h6,11H,4-5,9H2,1-3H3. The van der Waals surface area contributed by atoms with Crippen LogP contribution in [0.25, 0.3) is 0 Å². The molecule has 4 nitrogen and oxygen atoms in total. The fourth-order valence-electron chi connectivity index (χ4n) is 0.778. The zero-order valence-electron chi connectivity index (χ0n) is 7.83. The number of ether oxygens (including phenoxy) is 1. The number of hydrogen-bond donors (Lipinski definition) is 2. The minimum Gasteiger partial charge on any atom is -0.468 e. The molecule has 0 aromatic carbocycles. The molecule has 0 amide bonds. The highest BCUT2D eigenvalue weighted by atomic mass is 16.5. The van der Waals surface area contributed by atoms with E-state index in [0.717, 1.165) is 0 Å². The van der Waals surface area contributed by atoms with Crippen LogP contribution in [-0.4, -0.2) is 29.8 Å². The fraction of sp³-hybridized carbons (Fsp3) is 0.875. The third-order valence-corrected chi connectivity index (χ3v) is 1.57. The van der Waals surface area contributed by atoms with E-state index >= 15 is 0 Å². The molecule has 0 heterocycles. The Hall–Kier alpha value is -0.610. The van der Waals surface area contributed by atoms with Gasteiger partial charge in [-0.2, -0.15) is 0 Å². The van der Waals surface area contributed by atoms with Crippen molar-refractivity contribution >= 4 is 5.97 Å². The van der Waals surface area contributed by atoms with Crippen LogP contribution in [0.3, 0.4) is 0 Å². The van der Waals surface area contributed by atoms with E-state index in [9.17, 15) is 9.90 Å². The lowest BCUT2D eigenvalue weighted by molar-refractivity contribution is -0.142. The van der Waals surface area contributed by atoms with Crippen LogP contribution in [0.1, 0.15) is 26.7 Å². The second-order valence-corrected chi connectivity index (χ2v) is 3.48. The summed E-state index contributed by atoms with van der Waals surface area (Å²) in [5, 5.41) is 9.31. The second kappa shape index (κ2) is 4.42. The SMILES string of the molecule is COC(=O)C(N)CCC(C)(C)O. The number of methoxy groups -OCH3 is 1. The van der Waals surface area contributed by atoms with Gasteiger partial charge >= 0.3 is 5.97 Å². The summed E-state index contributed by atoms with van der Waals surface area (Å²) in [4.78, 5) is 10.8. The van der Waals surface area contributed by atoms with Crippen LogP contribution in [-0.2, 0) is 9.53 Å². The van der Waals surface area contributed by atoms with Crippen molar-refractivity contribution in [3.8, 4) is 0 Å². The molecule has 0 bridgehead atoms. The molecule has 0 spiro atoms. The molecule has 0 aliphatic heterocycles. The Labute approximate surface area is 72.7 Å². The first kappa shape index (κ1) is 11.4. The van der Waals surface area contributed by atoms with E-state index in [2.05, 4.69) is 4.74 Å². The maximum Gasteiger partial charge on any atom is 0.322 e. The third-order valence-electron chi connectivity index (χ3n) is 1.57. The van der Waals surface area contributed by atoms with E-state index in [1.54, 1.807) is 13.8 Å². The second-order valence-electron chi connectivity index (χ2n) is 3.48. The van der Waals surface area contributed by atoms with Crippen LogP contribution in [0.15, 0.2) is 0 Å². The van der Waals surface area contributed by atoms with Gasteiger partial charge in [0.1, 0.15) is 6.04 Å². The van der Waals surface area contributed by atoms with Gasteiger partial charge in [-0.1, -0.05) is 0 Å². The lowest BCUT2D eigenvalue weighted by Gasteiger charge is -2.18. The van der Waals surface area contributed by atoms with Crippen molar-refractivity contribution in [3.63, 3.8) is 0 Å². The van der Waals surface area contributed by atoms with Gasteiger partial charge in [0.25, 0.3) is 0 Å². The Bertz CT molecular complexity index is 151. The van der Waals surface area contributed by atoms with Crippen molar-refractivity contribution in [2.75, 3.05) is 7.11 Å². The molecule has 3 N–H and O–H groups in total. The van der Waals surface area contributed by atoms with Gasteiger partial charge in [0.15, 0.2) is 0 Å². The summed E-state index contributed by atoms with van der Waals surface area (Å²) in [5.74, 6) is -0.431. The zero-order valence-corrected chi connectivity index (χ0v) is 7.83. The van der Waals surface area contributed by atoms with Gasteiger partial charge in [-0.15, -0.1) is 0 Å². The lowest BCUT2D eigenvalue weighted by Crippen LogP contribution is -2.34. The summed E-state index contributed by atoms with van der Waals surface area (Å²) in [6.07, 6.45) is 0.930. The van der Waals surface area contributed by atoms with E-state index in [0.29, 0.717) is 12.8 Å². The summed E-state index contributed by atoms with van der Waals surface area (Å²) < 4.78 is 4.43. The van der Waals surface area contributed by atoms with E-state index in [4.69, 9.17) is 5.73 Å². The van der Waals surface area contributed by atoms with Crippen molar-refractivity contribution in [2.24, 2.45) is 5.73 Å². The van der Waals surface area contributed by atoms with Gasteiger partial charge in [-0.25, -0.2) is 0 Å². The van der Waals surface area contributed by atoms with Gasteiger partial charge < -0.3 is 15.6 Å². The van der Waals surface area contributed by atoms with Crippen molar-refractivity contribution in [1.29, 1.82) is 0 Å². The first-order valence-corrected chi connectivity index (χ1v) is 3.92. The van der Waals surface area contributed by atoms with Crippen molar-refractivity contribution in [3.05, 3.63) is 0 Å². The quantitative estimate of drug-likeness (QED) is 0.592. The van der Waals surface area contributed by atoms with Gasteiger partial charge in [0, 0.05) is 0 Å². The molecule has 0 saturated heterocycles. The Morgan fingerprint density at radius 3 is 2.50 bits per heavy atom. The van der Waals surface area contributed by atoms with E-state index in [-0.39, 0.29) is 0 Å². The van der Waals surface area contributed by atoms with Gasteiger partial charge in [0.2, 0.25) is 0 Å². The maximum absolute atomic E-state index is 10.8. The molecule has 12 heavy (non-hydrogen) atoms. The predicted octanol–water partition coefficient (Wildman–Crippen LogP) is 0.0378. The first-order chi connectivity index (χ1) is 5.37. The average Bonchev–Trinajstić information content (AvgIpc) is 1.97. The number of esters is 1. The lowest BCUT2D eigenvalue weighted by atomic mass is 10.00. The number of carbonyl (C=O) groups excluding carboxylic acids is 1. The molecular weight excluding hydrogens is 158 g/mol. The van der Waals surface area contributed by atoms with Gasteiger partial charge in [-0.3, -0.25) is 4.79 Å². The molecule has 0 radical (unpaired) electrons. The van der Waals surface area contributed by atoms with E-state index in [1.165, 1.54) is 7.11 Å². The number of hydrogen-bond acceptors (Lipinski definition) is 4. The van der Waals surface area contributed by atoms with E-state index < -0.39 is 17.6 Å². The monoisotopic (exact) mass is 175 g/mol. The largest absolute Gasteiger partial charge is 0.468 e. The smallest absolute Gasteiger partial charge is 0.322 e. The van der Waals surface area contributed by atoms with Crippen LogP contribution in [0.5, 0.6) is 0 Å². The number of carbonyl (C=O) groups is 1. The van der Waals surface area contributed by atoms with Crippen LogP contribution < -0.4 is 5.73 Å². The Kier molecular flexibility index (Phi) is 4.20. The fourth-order valence-corrected chi connectivity index (χ4v) is 0.778. The highest BCUT2D eigenvalue weighted by Crippen LogP contribution is 2.11. The molecule has 0 aliphatic carbocycles. The van der Waals surface area contributed by atoms with Crippen molar-refractivity contribution in [1.82, 2.24) is 0 Å². The van der Waals surface area contributed by atoms with Gasteiger partial charge in [0.05, 0.1) is 12.7 Å². The van der Waals surface area contributed by atoms with Crippen molar-refractivity contribution < 1.29 is 14.6 Å². The molecule has 0 saturated carbocycles. The molecule has 0 aromatic rings. The van der Waals surface area contributed by atoms with Crippen LogP contribution in [0, 0.1) is 0 Å². The highest BCUT2D eigenvalue weighted by Gasteiger charge is 2.19. The summed E-state index contributed by atoms with van der Waals surface area (Å²) in [6.45, 7) is 3.36. The Balaban J connectivity index is 3.72. The summed E-state index contributed by atoms with van der Waals surface area (Å²) in [7, 11) is 1.30. The molecule has 0 fully saturated rings. The van der Waals surface area contributed by atoms with Crippen LogP contribution in [0.2, 0.25) is 0 Å². The predicted molar refractivity (Wildman–Crippen MR) is 45.5 cm³/mol. The topological polar surface area (TPSA) is 72.5 Å². The minimum atomic E-state index is -0.772. The summed E-state index contributed by atoms with van der Waals surface area (Å²) in [5.41, 5.74) is 4.68. The number of rotatable bonds is 4. The summed E-state index contributed by atoms with van der Waals surface area (Å²) >= 11 is 0. The van der Waals surface area contributed by atoms with E-state index in [1.807, 2.05) is 0 Å². The Morgan fingerprint density at radius 2 is 2.17 bits per heavy atom. The van der Waals surface area contributed by atoms with Crippen LogP contribution in [0.4, 0.5) is 0 Å². The molecular formula is C8H17NO3.